The molecular weight excluding hydrogens is 200 g/mol. The second kappa shape index (κ2) is 6.89. The highest BCUT2D eigenvalue weighted by atomic mass is 16.2. The summed E-state index contributed by atoms with van der Waals surface area (Å²) in [7, 11) is 1.97. The molecule has 0 aliphatic carbocycles. The molecule has 1 saturated heterocycles. The Balaban J connectivity index is 2.34. The summed E-state index contributed by atoms with van der Waals surface area (Å²) in [6, 6.07) is 0.461. The van der Waals surface area contributed by atoms with Crippen molar-refractivity contribution in [3.63, 3.8) is 0 Å². The van der Waals surface area contributed by atoms with Gasteiger partial charge in [-0.3, -0.25) is 4.79 Å². The van der Waals surface area contributed by atoms with Crippen molar-refractivity contribution in [2.45, 2.75) is 52.0 Å². The molecule has 3 nitrogen and oxygen atoms in total. The molecule has 0 radical (unpaired) electrons. The fourth-order valence-electron chi connectivity index (χ4n) is 2.43. The summed E-state index contributed by atoms with van der Waals surface area (Å²) in [4.78, 5) is 14.0. The van der Waals surface area contributed by atoms with Crippen LogP contribution in [0.5, 0.6) is 0 Å². The first kappa shape index (κ1) is 13.5. The number of carbonyl (C=O) groups is 1. The minimum absolute atomic E-state index is 0.327. The number of nitrogens with one attached hydrogen (secondary N) is 1. The van der Waals surface area contributed by atoms with E-state index in [4.69, 9.17) is 0 Å². The Kier molecular flexibility index (Phi) is 5.81. The molecule has 16 heavy (non-hydrogen) atoms. The number of hydrogen-bond acceptors (Lipinski definition) is 2. The Hall–Kier alpha value is -0.570. The van der Waals surface area contributed by atoms with Crippen LogP contribution < -0.4 is 5.32 Å². The van der Waals surface area contributed by atoms with Gasteiger partial charge in [0, 0.05) is 19.5 Å². The standard InChI is InChI=1S/C13H26N2O/c1-4-5-11(2)10-13(16)15(3)12-6-8-14-9-7-12/h11-12,14H,4-10H2,1-3H3. The summed E-state index contributed by atoms with van der Waals surface area (Å²) in [5, 5.41) is 3.33. The van der Waals surface area contributed by atoms with E-state index >= 15 is 0 Å². The molecule has 0 spiro atoms. The van der Waals surface area contributed by atoms with Gasteiger partial charge in [-0.15, -0.1) is 0 Å². The lowest BCUT2D eigenvalue weighted by molar-refractivity contribution is -0.133. The zero-order chi connectivity index (χ0) is 12.0. The summed E-state index contributed by atoms with van der Waals surface area (Å²) in [5.41, 5.74) is 0. The average molecular weight is 226 g/mol. The zero-order valence-electron chi connectivity index (χ0n) is 11.0. The van der Waals surface area contributed by atoms with Gasteiger partial charge in [-0.05, 0) is 31.8 Å². The normalized spacial score (nSPS) is 19.4. The number of rotatable bonds is 5. The molecule has 0 aromatic heterocycles. The maximum atomic E-state index is 12.0. The first-order chi connectivity index (χ1) is 7.65. The highest BCUT2D eigenvalue weighted by Crippen LogP contribution is 2.15. The fraction of sp³-hybridized carbons (Fsp3) is 0.923. The number of hydrogen-bond donors (Lipinski definition) is 1. The van der Waals surface area contributed by atoms with E-state index in [0.717, 1.165) is 32.4 Å². The lowest BCUT2D eigenvalue weighted by atomic mass is 9.99. The highest BCUT2D eigenvalue weighted by Gasteiger charge is 2.22. The summed E-state index contributed by atoms with van der Waals surface area (Å²) < 4.78 is 0. The van der Waals surface area contributed by atoms with Crippen molar-refractivity contribution in [3.8, 4) is 0 Å². The van der Waals surface area contributed by atoms with Gasteiger partial charge in [0.25, 0.3) is 0 Å². The first-order valence-electron chi connectivity index (χ1n) is 6.61. The van der Waals surface area contributed by atoms with Crippen LogP contribution >= 0.6 is 0 Å². The van der Waals surface area contributed by atoms with Crippen molar-refractivity contribution < 1.29 is 4.79 Å². The van der Waals surface area contributed by atoms with Gasteiger partial charge in [0.15, 0.2) is 0 Å². The molecule has 1 fully saturated rings. The van der Waals surface area contributed by atoms with Crippen LogP contribution in [-0.2, 0) is 4.79 Å². The molecule has 0 bridgehead atoms. The van der Waals surface area contributed by atoms with Gasteiger partial charge in [-0.1, -0.05) is 26.7 Å². The van der Waals surface area contributed by atoms with Gasteiger partial charge in [-0.25, -0.2) is 0 Å². The van der Waals surface area contributed by atoms with Crippen LogP contribution in [-0.4, -0.2) is 37.0 Å². The molecule has 1 heterocycles. The summed E-state index contributed by atoms with van der Waals surface area (Å²) in [6.45, 7) is 6.45. The lowest BCUT2D eigenvalue weighted by Gasteiger charge is -2.32. The van der Waals surface area contributed by atoms with E-state index < -0.39 is 0 Å². The van der Waals surface area contributed by atoms with E-state index in [9.17, 15) is 4.79 Å². The monoisotopic (exact) mass is 226 g/mol. The van der Waals surface area contributed by atoms with E-state index in [-0.39, 0.29) is 0 Å². The van der Waals surface area contributed by atoms with Gasteiger partial charge in [0.1, 0.15) is 0 Å². The Labute approximate surface area is 99.6 Å². The molecule has 0 aromatic carbocycles. The predicted octanol–water partition coefficient (Wildman–Crippen LogP) is 2.02. The maximum absolute atomic E-state index is 12.0. The van der Waals surface area contributed by atoms with Crippen molar-refractivity contribution in [1.82, 2.24) is 10.2 Å². The van der Waals surface area contributed by atoms with Crippen molar-refractivity contribution in [2.24, 2.45) is 5.92 Å². The SMILES string of the molecule is CCCC(C)CC(=O)N(C)C1CCNCC1. The minimum Gasteiger partial charge on any atom is -0.343 e. The Morgan fingerprint density at radius 1 is 1.44 bits per heavy atom. The molecule has 0 aromatic rings. The van der Waals surface area contributed by atoms with Gasteiger partial charge < -0.3 is 10.2 Å². The average Bonchev–Trinajstić information content (AvgIpc) is 2.29. The number of amides is 1. The van der Waals surface area contributed by atoms with E-state index in [1.165, 1.54) is 6.42 Å². The molecule has 1 amide bonds. The molecule has 1 aliphatic rings. The van der Waals surface area contributed by atoms with Crippen LogP contribution in [0.1, 0.15) is 46.0 Å². The van der Waals surface area contributed by atoms with Crippen molar-refractivity contribution in [1.29, 1.82) is 0 Å². The van der Waals surface area contributed by atoms with Gasteiger partial charge in [-0.2, -0.15) is 0 Å². The Morgan fingerprint density at radius 3 is 2.62 bits per heavy atom. The molecule has 1 aliphatic heterocycles. The third kappa shape index (κ3) is 4.12. The Morgan fingerprint density at radius 2 is 2.06 bits per heavy atom. The van der Waals surface area contributed by atoms with Crippen LogP contribution in [0.3, 0.4) is 0 Å². The molecule has 1 N–H and O–H groups in total. The van der Waals surface area contributed by atoms with Crippen molar-refractivity contribution in [3.05, 3.63) is 0 Å². The predicted molar refractivity (Wildman–Crippen MR) is 67.4 cm³/mol. The zero-order valence-corrected chi connectivity index (χ0v) is 11.0. The van der Waals surface area contributed by atoms with Crippen LogP contribution in [0.15, 0.2) is 0 Å². The molecule has 1 atom stereocenters. The molecule has 1 rings (SSSR count). The van der Waals surface area contributed by atoms with Crippen molar-refractivity contribution in [2.75, 3.05) is 20.1 Å². The third-order valence-electron chi connectivity index (χ3n) is 3.55. The van der Waals surface area contributed by atoms with Crippen LogP contribution in [0.25, 0.3) is 0 Å². The number of nitrogens with zero attached hydrogens (tertiary/aromatic N) is 1. The molecular formula is C13H26N2O. The maximum Gasteiger partial charge on any atom is 0.222 e. The lowest BCUT2D eigenvalue weighted by Crippen LogP contribution is -2.44. The summed E-state index contributed by atoms with van der Waals surface area (Å²) >= 11 is 0. The fourth-order valence-corrected chi connectivity index (χ4v) is 2.43. The second-order valence-corrected chi connectivity index (χ2v) is 5.08. The topological polar surface area (TPSA) is 32.3 Å². The molecule has 3 heteroatoms. The number of piperidine rings is 1. The second-order valence-electron chi connectivity index (χ2n) is 5.08. The van der Waals surface area contributed by atoms with E-state index in [0.29, 0.717) is 24.3 Å². The number of carbonyl (C=O) groups excluding carboxylic acids is 1. The van der Waals surface area contributed by atoms with E-state index in [1.54, 1.807) is 0 Å². The summed E-state index contributed by atoms with van der Waals surface area (Å²) in [6.07, 6.45) is 5.25. The molecule has 1 unspecified atom stereocenters. The summed E-state index contributed by atoms with van der Waals surface area (Å²) in [5.74, 6) is 0.856. The minimum atomic E-state index is 0.327. The van der Waals surface area contributed by atoms with Crippen LogP contribution in [0.2, 0.25) is 0 Å². The largest absolute Gasteiger partial charge is 0.343 e. The van der Waals surface area contributed by atoms with Gasteiger partial charge >= 0.3 is 0 Å². The first-order valence-corrected chi connectivity index (χ1v) is 6.61. The van der Waals surface area contributed by atoms with Crippen LogP contribution in [0, 0.1) is 5.92 Å². The van der Waals surface area contributed by atoms with Gasteiger partial charge in [0.05, 0.1) is 0 Å². The molecule has 94 valence electrons. The highest BCUT2D eigenvalue weighted by molar-refractivity contribution is 5.76. The van der Waals surface area contributed by atoms with Crippen LogP contribution in [0.4, 0.5) is 0 Å². The van der Waals surface area contributed by atoms with E-state index in [2.05, 4.69) is 19.2 Å². The third-order valence-corrected chi connectivity index (χ3v) is 3.55. The molecule has 0 saturated carbocycles. The Bertz CT molecular complexity index is 212. The smallest absolute Gasteiger partial charge is 0.222 e. The quantitative estimate of drug-likeness (QED) is 0.778. The van der Waals surface area contributed by atoms with Gasteiger partial charge in [0.2, 0.25) is 5.91 Å². The van der Waals surface area contributed by atoms with E-state index in [1.807, 2.05) is 11.9 Å². The van der Waals surface area contributed by atoms with Crippen molar-refractivity contribution >= 4 is 5.91 Å².